The van der Waals surface area contributed by atoms with E-state index in [2.05, 4.69) is 28.9 Å². The summed E-state index contributed by atoms with van der Waals surface area (Å²) < 4.78 is 5.69. The molecule has 200 valence electrons. The van der Waals surface area contributed by atoms with Crippen LogP contribution in [0.1, 0.15) is 47.8 Å². The maximum absolute atomic E-state index is 13.5. The molecular formula is C31H32N4O3S. The third-order valence-electron chi connectivity index (χ3n) is 6.63. The molecule has 1 aliphatic heterocycles. The molecule has 0 radical (unpaired) electrons. The molecule has 39 heavy (non-hydrogen) atoms. The first-order chi connectivity index (χ1) is 18.7. The van der Waals surface area contributed by atoms with Crippen LogP contribution < -0.4 is 16.0 Å². The molecule has 2 aromatic carbocycles. The topological polar surface area (TPSA) is 107 Å². The van der Waals surface area contributed by atoms with Crippen LogP contribution in [0.5, 0.6) is 0 Å². The first-order valence-corrected chi connectivity index (χ1v) is 13.8. The van der Waals surface area contributed by atoms with Gasteiger partial charge in [0.05, 0.1) is 40.2 Å². The van der Waals surface area contributed by atoms with Crippen LogP contribution in [0.2, 0.25) is 0 Å². The highest BCUT2D eigenvalue weighted by atomic mass is 32.2. The molecule has 0 fully saturated rings. The van der Waals surface area contributed by atoms with Gasteiger partial charge in [-0.05, 0) is 75.1 Å². The summed E-state index contributed by atoms with van der Waals surface area (Å²) in [6, 6.07) is 17.5. The number of hydrogen-bond acceptors (Lipinski definition) is 6. The average molecular weight is 541 g/mol. The van der Waals surface area contributed by atoms with Crippen LogP contribution in [-0.4, -0.2) is 17.6 Å². The van der Waals surface area contributed by atoms with Crippen LogP contribution in [0.25, 0.3) is 0 Å². The lowest BCUT2D eigenvalue weighted by Crippen LogP contribution is -2.31. The van der Waals surface area contributed by atoms with Crippen molar-refractivity contribution < 1.29 is 14.0 Å². The van der Waals surface area contributed by atoms with Crippen LogP contribution in [0.4, 0.5) is 11.4 Å². The number of benzene rings is 2. The summed E-state index contributed by atoms with van der Waals surface area (Å²) in [5.41, 5.74) is 7.06. The Labute approximate surface area is 233 Å². The Bertz CT molecular complexity index is 1470. The molecule has 0 aliphatic carbocycles. The number of nitrogens with zero attached hydrogens (tertiary/aromatic N) is 1. The number of allylic oxidation sites excluding steroid dienone is 2. The molecule has 1 atom stereocenters. The zero-order valence-electron chi connectivity index (χ0n) is 22.8. The number of aryl methyl sites for hydroxylation is 4. The number of amides is 2. The van der Waals surface area contributed by atoms with E-state index >= 15 is 0 Å². The number of nitriles is 1. The Morgan fingerprint density at radius 2 is 1.74 bits per heavy atom. The Hall–Kier alpha value is -4.22. The minimum Gasteiger partial charge on any atom is -0.468 e. The molecular weight excluding hydrogens is 508 g/mol. The second-order valence-corrected chi connectivity index (χ2v) is 10.6. The van der Waals surface area contributed by atoms with Gasteiger partial charge in [0.2, 0.25) is 5.91 Å². The van der Waals surface area contributed by atoms with Gasteiger partial charge in [-0.3, -0.25) is 9.59 Å². The molecule has 3 N–H and O–H groups in total. The smallest absolute Gasteiger partial charge is 0.254 e. The molecule has 7 nitrogen and oxygen atoms in total. The third-order valence-corrected chi connectivity index (χ3v) is 7.65. The van der Waals surface area contributed by atoms with Crippen LogP contribution in [-0.2, 0) is 16.0 Å². The molecule has 1 aromatic heterocycles. The Balaban J connectivity index is 1.57. The largest absolute Gasteiger partial charge is 0.468 e. The summed E-state index contributed by atoms with van der Waals surface area (Å²) in [6.07, 6.45) is 2.43. The predicted molar refractivity (Wildman–Crippen MR) is 156 cm³/mol. The normalized spacial score (nSPS) is 15.0. The van der Waals surface area contributed by atoms with E-state index in [1.807, 2.05) is 57.2 Å². The maximum atomic E-state index is 13.5. The van der Waals surface area contributed by atoms with Gasteiger partial charge in [-0.25, -0.2) is 0 Å². The zero-order valence-corrected chi connectivity index (χ0v) is 23.6. The first-order valence-electron chi connectivity index (χ1n) is 12.8. The lowest BCUT2D eigenvalue weighted by atomic mass is 9.85. The van der Waals surface area contributed by atoms with Crippen molar-refractivity contribution in [2.24, 2.45) is 0 Å². The van der Waals surface area contributed by atoms with E-state index in [4.69, 9.17) is 4.42 Å². The molecule has 0 bridgehead atoms. The molecule has 0 spiro atoms. The number of carbonyl (C=O) groups is 2. The number of rotatable bonds is 8. The summed E-state index contributed by atoms with van der Waals surface area (Å²) in [7, 11) is 0. The highest BCUT2D eigenvalue weighted by Gasteiger charge is 2.36. The van der Waals surface area contributed by atoms with E-state index in [0.29, 0.717) is 33.3 Å². The van der Waals surface area contributed by atoms with Gasteiger partial charge in [-0.2, -0.15) is 5.26 Å². The highest BCUT2D eigenvalue weighted by molar-refractivity contribution is 8.03. The SMILES string of the molecule is CCc1ccc(NC(=O)C2=C(C)NC(SCC(=O)Nc3c(C)cc(C)cc3C)=C(C#N)[C@H]2c2ccco2)cc1. The van der Waals surface area contributed by atoms with Gasteiger partial charge in [0, 0.05) is 17.1 Å². The zero-order chi connectivity index (χ0) is 28.1. The van der Waals surface area contributed by atoms with Gasteiger partial charge >= 0.3 is 0 Å². The quantitative estimate of drug-likeness (QED) is 0.302. The van der Waals surface area contributed by atoms with E-state index in [-0.39, 0.29) is 17.6 Å². The number of dihydropyridines is 1. The second kappa shape index (κ2) is 12.1. The summed E-state index contributed by atoms with van der Waals surface area (Å²) in [5.74, 6) is -0.660. The van der Waals surface area contributed by atoms with E-state index in [0.717, 1.165) is 28.8 Å². The lowest BCUT2D eigenvalue weighted by molar-refractivity contribution is -0.114. The fourth-order valence-electron chi connectivity index (χ4n) is 4.78. The maximum Gasteiger partial charge on any atom is 0.254 e. The summed E-state index contributed by atoms with van der Waals surface area (Å²) >= 11 is 1.23. The average Bonchev–Trinajstić information content (AvgIpc) is 3.44. The van der Waals surface area contributed by atoms with Crippen molar-refractivity contribution in [3.63, 3.8) is 0 Å². The third kappa shape index (κ3) is 6.27. The number of hydrogen-bond donors (Lipinski definition) is 3. The summed E-state index contributed by atoms with van der Waals surface area (Å²) in [6.45, 7) is 9.82. The number of thioether (sulfide) groups is 1. The van der Waals surface area contributed by atoms with Gasteiger partial charge in [0.15, 0.2) is 0 Å². The monoisotopic (exact) mass is 540 g/mol. The van der Waals surface area contributed by atoms with Crippen molar-refractivity contribution >= 4 is 35.0 Å². The Kier molecular flexibility index (Phi) is 8.62. The van der Waals surface area contributed by atoms with E-state index in [1.165, 1.54) is 23.6 Å². The van der Waals surface area contributed by atoms with Crippen LogP contribution in [0, 0.1) is 32.1 Å². The summed E-state index contributed by atoms with van der Waals surface area (Å²) in [4.78, 5) is 26.4. The highest BCUT2D eigenvalue weighted by Crippen LogP contribution is 2.41. The second-order valence-electron chi connectivity index (χ2n) is 9.58. The van der Waals surface area contributed by atoms with Crippen LogP contribution >= 0.6 is 11.8 Å². The van der Waals surface area contributed by atoms with E-state index in [1.54, 1.807) is 19.1 Å². The van der Waals surface area contributed by atoms with Crippen molar-refractivity contribution in [1.29, 1.82) is 5.26 Å². The van der Waals surface area contributed by atoms with Crippen molar-refractivity contribution in [3.8, 4) is 6.07 Å². The Morgan fingerprint density at radius 1 is 1.05 bits per heavy atom. The van der Waals surface area contributed by atoms with Gasteiger partial charge in [0.25, 0.3) is 5.91 Å². The molecule has 2 heterocycles. The fraction of sp³-hybridized carbons (Fsp3) is 0.258. The minimum absolute atomic E-state index is 0.0870. The molecule has 1 aliphatic rings. The molecule has 4 rings (SSSR count). The van der Waals surface area contributed by atoms with E-state index < -0.39 is 5.92 Å². The number of furan rings is 1. The summed E-state index contributed by atoms with van der Waals surface area (Å²) in [5, 5.41) is 19.9. The van der Waals surface area contributed by atoms with Gasteiger partial charge in [0.1, 0.15) is 5.76 Å². The standard InChI is InChI=1S/C31H32N4O3S/c1-6-22-9-11-23(12-10-22)34-30(37)27-21(5)33-31(24(16-32)28(27)25-8-7-13-38-25)39-17-26(36)35-29-19(3)14-18(2)15-20(29)4/h7-15,28,33H,6,17H2,1-5H3,(H,34,37)(H,35,36)/t28-/m0/s1. The van der Waals surface area contributed by atoms with Crippen molar-refractivity contribution in [2.75, 3.05) is 16.4 Å². The molecule has 0 unspecified atom stereocenters. The van der Waals surface area contributed by atoms with Gasteiger partial charge in [-0.1, -0.05) is 48.5 Å². The van der Waals surface area contributed by atoms with Crippen molar-refractivity contribution in [1.82, 2.24) is 5.32 Å². The number of anilines is 2. The van der Waals surface area contributed by atoms with Gasteiger partial charge in [-0.15, -0.1) is 0 Å². The van der Waals surface area contributed by atoms with E-state index in [9.17, 15) is 14.9 Å². The molecule has 8 heteroatoms. The number of carbonyl (C=O) groups excluding carboxylic acids is 2. The van der Waals surface area contributed by atoms with Crippen LogP contribution in [0.15, 0.2) is 81.1 Å². The van der Waals surface area contributed by atoms with Crippen LogP contribution in [0.3, 0.4) is 0 Å². The first kappa shape index (κ1) is 27.8. The molecule has 2 amide bonds. The number of nitrogens with one attached hydrogen (secondary N) is 3. The lowest BCUT2D eigenvalue weighted by Gasteiger charge is -2.28. The molecule has 0 saturated carbocycles. The fourth-order valence-corrected chi connectivity index (χ4v) is 5.67. The predicted octanol–water partition coefficient (Wildman–Crippen LogP) is 6.47. The van der Waals surface area contributed by atoms with Crippen molar-refractivity contribution in [3.05, 3.63) is 105 Å². The van der Waals surface area contributed by atoms with Crippen molar-refractivity contribution in [2.45, 2.75) is 47.0 Å². The Morgan fingerprint density at radius 3 is 2.33 bits per heavy atom. The molecule has 3 aromatic rings. The van der Waals surface area contributed by atoms with Gasteiger partial charge < -0.3 is 20.4 Å². The minimum atomic E-state index is -0.715. The molecule has 0 saturated heterocycles.